The summed E-state index contributed by atoms with van der Waals surface area (Å²) in [6, 6.07) is 4.37. The van der Waals surface area contributed by atoms with E-state index in [1.807, 2.05) is 11.4 Å². The van der Waals surface area contributed by atoms with Gasteiger partial charge in [0.15, 0.2) is 0 Å². The Bertz CT molecular complexity index is 768. The number of rotatable bonds is 4. The minimum absolute atomic E-state index is 0.189. The zero-order valence-electron chi connectivity index (χ0n) is 16.4. The van der Waals surface area contributed by atoms with Crippen LogP contribution in [0, 0.1) is 13.8 Å². The maximum atomic E-state index is 11.0. The molecular formula is C22H32N2O2. The monoisotopic (exact) mass is 356 g/mol. The van der Waals surface area contributed by atoms with Crippen molar-refractivity contribution in [3.05, 3.63) is 35.2 Å². The number of fused-ring (bicyclic) bond motifs is 1. The highest BCUT2D eigenvalue weighted by Crippen LogP contribution is 2.40. The van der Waals surface area contributed by atoms with Gasteiger partial charge in [-0.1, -0.05) is 26.2 Å². The normalized spacial score (nSPS) is 19.1. The molecule has 142 valence electrons. The highest BCUT2D eigenvalue weighted by molar-refractivity contribution is 5.79. The second kappa shape index (κ2) is 7.91. The van der Waals surface area contributed by atoms with Crippen molar-refractivity contribution >= 4 is 11.3 Å². The number of nitrogens with zero attached hydrogens (tertiary/aromatic N) is 2. The molecule has 4 nitrogen and oxygen atoms in total. The second-order valence-electron chi connectivity index (χ2n) is 8.16. The van der Waals surface area contributed by atoms with Gasteiger partial charge in [-0.2, -0.15) is 5.10 Å². The van der Waals surface area contributed by atoms with Crippen LogP contribution in [0.4, 0.5) is 0 Å². The van der Waals surface area contributed by atoms with E-state index in [0.717, 1.165) is 31.6 Å². The van der Waals surface area contributed by atoms with Crippen molar-refractivity contribution in [2.75, 3.05) is 0 Å². The molecule has 1 N–H and O–H groups in total. The Kier molecular flexibility index (Phi) is 5.81. The highest BCUT2D eigenvalue weighted by Gasteiger charge is 2.32. The summed E-state index contributed by atoms with van der Waals surface area (Å²) in [5, 5.41) is 14.3. The molecule has 0 spiro atoms. The molecule has 2 aromatic rings. The third-order valence-electron chi connectivity index (χ3n) is 5.98. The fourth-order valence-corrected chi connectivity index (χ4v) is 4.19. The number of carbonyl (C=O) groups excluding carboxylic acids is 1. The first-order valence-corrected chi connectivity index (χ1v) is 10.1. The largest absolute Gasteiger partial charge is 0.389 e. The Morgan fingerprint density at radius 1 is 1.27 bits per heavy atom. The highest BCUT2D eigenvalue weighted by atomic mass is 16.3. The van der Waals surface area contributed by atoms with Crippen molar-refractivity contribution in [2.45, 2.75) is 90.1 Å². The number of carbonyl (C=O) groups is 1. The van der Waals surface area contributed by atoms with Gasteiger partial charge in [0.1, 0.15) is 5.78 Å². The fourth-order valence-electron chi connectivity index (χ4n) is 4.19. The third kappa shape index (κ3) is 4.17. The van der Waals surface area contributed by atoms with Crippen molar-refractivity contribution < 1.29 is 9.90 Å². The lowest BCUT2D eigenvalue weighted by atomic mass is 9.79. The van der Waals surface area contributed by atoms with Gasteiger partial charge in [0.25, 0.3) is 0 Å². The van der Waals surface area contributed by atoms with E-state index in [0.29, 0.717) is 12.8 Å². The maximum Gasteiger partial charge on any atom is 0.135 e. The Morgan fingerprint density at radius 2 is 1.96 bits per heavy atom. The summed E-state index contributed by atoms with van der Waals surface area (Å²) in [4.78, 5) is 11.0. The Morgan fingerprint density at radius 3 is 2.54 bits per heavy atom. The molecular weight excluding hydrogens is 324 g/mol. The van der Waals surface area contributed by atoms with Crippen molar-refractivity contribution in [3.8, 4) is 0 Å². The molecule has 0 aromatic carbocycles. The van der Waals surface area contributed by atoms with Crippen LogP contribution in [0.3, 0.4) is 0 Å². The first-order valence-electron chi connectivity index (χ1n) is 10.1. The molecule has 2 aliphatic carbocycles. The fraction of sp³-hybridized carbons (Fsp3) is 0.636. The maximum absolute atomic E-state index is 11.0. The Labute approximate surface area is 156 Å². The molecule has 4 rings (SSSR count). The molecule has 0 bridgehead atoms. The van der Waals surface area contributed by atoms with Crippen LogP contribution >= 0.6 is 0 Å². The van der Waals surface area contributed by atoms with Crippen molar-refractivity contribution in [1.29, 1.82) is 0 Å². The van der Waals surface area contributed by atoms with E-state index in [4.69, 9.17) is 0 Å². The van der Waals surface area contributed by atoms with Gasteiger partial charge in [0.2, 0.25) is 0 Å². The van der Waals surface area contributed by atoms with Crippen molar-refractivity contribution in [3.63, 3.8) is 0 Å². The standard InChI is InChI=1S/C13H16N2.C9H16O2/c1-9-6-7-15-12(8-9)13(10(2)14-15)11-4-3-5-11;1-2-8(10)7-9(11)5-3-4-6-9/h6-8,11H,3-5H2,1-2H3;11H,2-7H2,1H3. The summed E-state index contributed by atoms with van der Waals surface area (Å²) in [5.74, 6) is 0.957. The van der Waals surface area contributed by atoms with Crippen LogP contribution in [0.2, 0.25) is 0 Å². The average molecular weight is 357 g/mol. The predicted octanol–water partition coefficient (Wildman–Crippen LogP) is 4.88. The van der Waals surface area contributed by atoms with Crippen LogP contribution in [0.25, 0.3) is 5.52 Å². The first-order chi connectivity index (χ1) is 12.4. The van der Waals surface area contributed by atoms with Crippen LogP contribution < -0.4 is 0 Å². The van der Waals surface area contributed by atoms with E-state index >= 15 is 0 Å². The lowest BCUT2D eigenvalue weighted by molar-refractivity contribution is -0.123. The van der Waals surface area contributed by atoms with Crippen LogP contribution in [0.1, 0.15) is 87.4 Å². The summed E-state index contributed by atoms with van der Waals surface area (Å²) in [5.41, 5.74) is 4.71. The van der Waals surface area contributed by atoms with Gasteiger partial charge in [-0.15, -0.1) is 0 Å². The van der Waals surface area contributed by atoms with Crippen LogP contribution in [0.15, 0.2) is 18.3 Å². The lowest BCUT2D eigenvalue weighted by Crippen LogP contribution is -2.27. The minimum Gasteiger partial charge on any atom is -0.389 e. The van der Waals surface area contributed by atoms with Crippen LogP contribution in [-0.2, 0) is 4.79 Å². The van der Waals surface area contributed by atoms with E-state index in [9.17, 15) is 9.90 Å². The Balaban J connectivity index is 0.000000160. The third-order valence-corrected chi connectivity index (χ3v) is 5.98. The van der Waals surface area contributed by atoms with Crippen LogP contribution in [0.5, 0.6) is 0 Å². The molecule has 2 aromatic heterocycles. The first kappa shape index (κ1) is 19.1. The number of Topliss-reactive ketones (excluding diaryl/α,β-unsaturated/α-hetero) is 1. The minimum atomic E-state index is -0.632. The Hall–Kier alpha value is -1.68. The molecule has 0 unspecified atom stereocenters. The molecule has 0 amide bonds. The number of aryl methyl sites for hydroxylation is 2. The molecule has 2 saturated carbocycles. The number of aromatic nitrogens is 2. The van der Waals surface area contributed by atoms with Gasteiger partial charge >= 0.3 is 0 Å². The number of ketones is 1. The zero-order chi connectivity index (χ0) is 18.7. The van der Waals surface area contributed by atoms with E-state index in [2.05, 4.69) is 37.3 Å². The van der Waals surface area contributed by atoms with Crippen molar-refractivity contribution in [1.82, 2.24) is 9.61 Å². The lowest BCUT2D eigenvalue weighted by Gasteiger charge is -2.25. The van der Waals surface area contributed by atoms with Gasteiger partial charge in [-0.25, -0.2) is 4.52 Å². The summed E-state index contributed by atoms with van der Waals surface area (Å²) in [7, 11) is 0. The topological polar surface area (TPSA) is 54.6 Å². The van der Waals surface area contributed by atoms with Crippen molar-refractivity contribution in [2.24, 2.45) is 0 Å². The molecule has 2 fully saturated rings. The molecule has 0 radical (unpaired) electrons. The van der Waals surface area contributed by atoms with Gasteiger partial charge in [0, 0.05) is 24.6 Å². The average Bonchev–Trinajstić information content (AvgIpc) is 3.11. The molecule has 2 heterocycles. The zero-order valence-corrected chi connectivity index (χ0v) is 16.4. The van der Waals surface area contributed by atoms with E-state index < -0.39 is 5.60 Å². The summed E-state index contributed by atoms with van der Waals surface area (Å²) >= 11 is 0. The summed E-state index contributed by atoms with van der Waals surface area (Å²) < 4.78 is 2.02. The van der Waals surface area contributed by atoms with Crippen LogP contribution in [-0.4, -0.2) is 26.1 Å². The summed E-state index contributed by atoms with van der Waals surface area (Å²) in [6.45, 7) is 6.13. The smallest absolute Gasteiger partial charge is 0.135 e. The van der Waals surface area contributed by atoms with E-state index in [1.165, 1.54) is 41.6 Å². The SMILES string of the molecule is CCC(=O)CC1(O)CCCC1.Cc1ccn2nc(C)c(C3CCC3)c2c1. The molecule has 26 heavy (non-hydrogen) atoms. The summed E-state index contributed by atoms with van der Waals surface area (Å²) in [6.07, 6.45) is 10.9. The van der Waals surface area contributed by atoms with Gasteiger partial charge in [0.05, 0.1) is 16.8 Å². The quantitative estimate of drug-likeness (QED) is 0.849. The predicted molar refractivity (Wildman–Crippen MR) is 105 cm³/mol. The number of hydrogen-bond acceptors (Lipinski definition) is 3. The number of hydrogen-bond donors (Lipinski definition) is 1. The molecule has 2 aliphatic rings. The second-order valence-corrected chi connectivity index (χ2v) is 8.16. The van der Waals surface area contributed by atoms with Gasteiger partial charge in [-0.05, 0) is 63.1 Å². The number of pyridine rings is 1. The van der Waals surface area contributed by atoms with E-state index in [1.54, 1.807) is 0 Å². The van der Waals surface area contributed by atoms with Gasteiger partial charge < -0.3 is 5.11 Å². The molecule has 0 aliphatic heterocycles. The van der Waals surface area contributed by atoms with Gasteiger partial charge in [-0.3, -0.25) is 4.79 Å². The van der Waals surface area contributed by atoms with E-state index in [-0.39, 0.29) is 5.78 Å². The molecule has 0 saturated heterocycles. The molecule has 4 heteroatoms. The number of aliphatic hydroxyl groups is 1. The molecule has 0 atom stereocenters.